The van der Waals surface area contributed by atoms with Crippen LogP contribution >= 0.6 is 0 Å². The second-order valence-electron chi connectivity index (χ2n) is 6.92. The van der Waals surface area contributed by atoms with Crippen molar-refractivity contribution in [3.8, 4) is 0 Å². The van der Waals surface area contributed by atoms with E-state index in [4.69, 9.17) is 0 Å². The van der Waals surface area contributed by atoms with Gasteiger partial charge in [-0.15, -0.1) is 0 Å². The van der Waals surface area contributed by atoms with Gasteiger partial charge in [-0.3, -0.25) is 4.79 Å². The summed E-state index contributed by atoms with van der Waals surface area (Å²) in [5.41, 5.74) is 0. The number of rotatable bonds is 6. The lowest BCUT2D eigenvalue weighted by molar-refractivity contribution is -0.124. The fourth-order valence-electron chi connectivity index (χ4n) is 3.71. The number of hydrogen-bond donors (Lipinski definition) is 1. The van der Waals surface area contributed by atoms with Crippen LogP contribution < -0.4 is 5.32 Å². The summed E-state index contributed by atoms with van der Waals surface area (Å²) in [6.07, 6.45) is 8.10. The minimum absolute atomic E-state index is 0.129. The normalized spacial score (nSPS) is 23.5. The molecule has 0 atom stereocenters. The lowest BCUT2D eigenvalue weighted by atomic mass is 10.0. The maximum absolute atomic E-state index is 12.6. The maximum Gasteiger partial charge on any atom is 0.241 e. The van der Waals surface area contributed by atoms with E-state index in [2.05, 4.69) is 17.1 Å². The molecule has 2 fully saturated rings. The average Bonchev–Trinajstić information content (AvgIpc) is 2.97. The number of nitrogens with zero attached hydrogens (tertiary/aromatic N) is 1. The Morgan fingerprint density at radius 1 is 1.23 bits per heavy atom. The van der Waals surface area contributed by atoms with Gasteiger partial charge in [-0.1, -0.05) is 26.2 Å². The Morgan fingerprint density at radius 3 is 2.32 bits per heavy atom. The number of carbonyl (C=O) groups is 1. The summed E-state index contributed by atoms with van der Waals surface area (Å²) in [7, 11) is -3.36. The standard InChI is InChI=1S/C16H30N2O3S/c1-3-4-11-18-12-7-14(8-13-18)17-15(19)16(22(2,20)21)9-5-6-10-16/h14H,3-13H2,1-2H3,(H,17,19). The molecule has 2 aliphatic rings. The van der Waals surface area contributed by atoms with Gasteiger partial charge in [0.1, 0.15) is 4.75 Å². The van der Waals surface area contributed by atoms with Crippen LogP contribution in [0.15, 0.2) is 0 Å². The molecule has 2 rings (SSSR count). The highest BCUT2D eigenvalue weighted by molar-refractivity contribution is 7.92. The van der Waals surface area contributed by atoms with Crippen LogP contribution in [0, 0.1) is 0 Å². The monoisotopic (exact) mass is 330 g/mol. The summed E-state index contributed by atoms with van der Waals surface area (Å²) in [5.74, 6) is -0.250. The molecule has 1 saturated heterocycles. The lowest BCUT2D eigenvalue weighted by Crippen LogP contribution is -2.54. The van der Waals surface area contributed by atoms with Crippen LogP contribution in [0.25, 0.3) is 0 Å². The van der Waals surface area contributed by atoms with Gasteiger partial charge in [0.25, 0.3) is 0 Å². The van der Waals surface area contributed by atoms with Gasteiger partial charge in [0.05, 0.1) is 0 Å². The van der Waals surface area contributed by atoms with Crippen LogP contribution in [-0.2, 0) is 14.6 Å². The van der Waals surface area contributed by atoms with Crippen molar-refractivity contribution in [3.63, 3.8) is 0 Å². The Morgan fingerprint density at radius 2 is 1.82 bits per heavy atom. The quantitative estimate of drug-likeness (QED) is 0.805. The summed E-state index contributed by atoms with van der Waals surface area (Å²) in [4.78, 5) is 15.1. The Labute approximate surface area is 134 Å². The first kappa shape index (κ1) is 17.7. The maximum atomic E-state index is 12.6. The van der Waals surface area contributed by atoms with Gasteiger partial charge in [-0.05, 0) is 38.6 Å². The van der Waals surface area contributed by atoms with E-state index in [1.165, 1.54) is 19.1 Å². The molecule has 128 valence electrons. The van der Waals surface area contributed by atoms with Crippen LogP contribution in [0.5, 0.6) is 0 Å². The molecule has 5 nitrogen and oxygen atoms in total. The number of nitrogens with one attached hydrogen (secondary N) is 1. The van der Waals surface area contributed by atoms with Gasteiger partial charge >= 0.3 is 0 Å². The molecular weight excluding hydrogens is 300 g/mol. The Balaban J connectivity index is 1.90. The molecule has 6 heteroatoms. The molecule has 1 saturated carbocycles. The smallest absolute Gasteiger partial charge is 0.241 e. The van der Waals surface area contributed by atoms with Crippen LogP contribution in [0.3, 0.4) is 0 Å². The number of carbonyl (C=O) groups excluding carboxylic acids is 1. The molecule has 0 spiro atoms. The second kappa shape index (κ2) is 7.30. The molecule has 22 heavy (non-hydrogen) atoms. The van der Waals surface area contributed by atoms with Gasteiger partial charge in [0.15, 0.2) is 9.84 Å². The highest BCUT2D eigenvalue weighted by atomic mass is 32.2. The lowest BCUT2D eigenvalue weighted by Gasteiger charge is -2.34. The van der Waals surface area contributed by atoms with E-state index in [0.717, 1.165) is 45.3 Å². The van der Waals surface area contributed by atoms with Crippen molar-refractivity contribution < 1.29 is 13.2 Å². The number of unbranched alkanes of at least 4 members (excludes halogenated alkanes) is 1. The van der Waals surface area contributed by atoms with Gasteiger partial charge in [-0.2, -0.15) is 0 Å². The average molecular weight is 330 g/mol. The first-order valence-corrected chi connectivity index (χ1v) is 10.5. The number of piperidine rings is 1. The van der Waals surface area contributed by atoms with Gasteiger partial charge in [-0.25, -0.2) is 8.42 Å². The third-order valence-corrected chi connectivity index (χ3v) is 7.30. The number of amides is 1. The summed E-state index contributed by atoms with van der Waals surface area (Å²) >= 11 is 0. The van der Waals surface area contributed by atoms with Crippen molar-refractivity contribution >= 4 is 15.7 Å². The highest BCUT2D eigenvalue weighted by Crippen LogP contribution is 2.37. The van der Waals surface area contributed by atoms with Gasteiger partial charge < -0.3 is 10.2 Å². The predicted octanol–water partition coefficient (Wildman–Crippen LogP) is 1.72. The molecule has 1 aliphatic heterocycles. The molecule has 0 aromatic carbocycles. The van der Waals surface area contributed by atoms with Crippen LogP contribution in [0.2, 0.25) is 0 Å². The first-order valence-electron chi connectivity index (χ1n) is 8.62. The van der Waals surface area contributed by atoms with Crippen molar-refractivity contribution in [2.45, 2.75) is 69.1 Å². The first-order chi connectivity index (χ1) is 10.4. The van der Waals surface area contributed by atoms with E-state index in [1.807, 2.05) is 0 Å². The topological polar surface area (TPSA) is 66.5 Å². The van der Waals surface area contributed by atoms with Gasteiger partial charge in [0, 0.05) is 25.4 Å². The number of likely N-dealkylation sites (tertiary alicyclic amines) is 1. The summed E-state index contributed by atoms with van der Waals surface area (Å²) in [6, 6.07) is 0.129. The minimum atomic E-state index is -3.36. The molecule has 0 unspecified atom stereocenters. The second-order valence-corrected chi connectivity index (χ2v) is 9.24. The molecule has 0 radical (unpaired) electrons. The third kappa shape index (κ3) is 3.82. The zero-order chi connectivity index (χ0) is 16.2. The summed E-state index contributed by atoms with van der Waals surface area (Å²) < 4.78 is 23.1. The fraction of sp³-hybridized carbons (Fsp3) is 0.938. The van der Waals surface area contributed by atoms with Gasteiger partial charge in [0.2, 0.25) is 5.91 Å². The predicted molar refractivity (Wildman–Crippen MR) is 88.6 cm³/mol. The molecule has 1 N–H and O–H groups in total. The molecule has 1 amide bonds. The SMILES string of the molecule is CCCCN1CCC(NC(=O)C2(S(C)(=O)=O)CCCC2)CC1. The molecule has 1 aliphatic carbocycles. The zero-order valence-corrected chi connectivity index (χ0v) is 14.8. The van der Waals surface area contributed by atoms with Crippen molar-refractivity contribution in [2.24, 2.45) is 0 Å². The fourth-order valence-corrected chi connectivity index (χ4v) is 5.14. The zero-order valence-electron chi connectivity index (χ0n) is 13.9. The Bertz CT molecular complexity index is 476. The van der Waals surface area contributed by atoms with Crippen LogP contribution in [0.4, 0.5) is 0 Å². The van der Waals surface area contributed by atoms with E-state index in [0.29, 0.717) is 12.8 Å². The Kier molecular flexibility index (Phi) is 5.88. The van der Waals surface area contributed by atoms with E-state index < -0.39 is 14.6 Å². The van der Waals surface area contributed by atoms with Crippen molar-refractivity contribution in [2.75, 3.05) is 25.9 Å². The van der Waals surface area contributed by atoms with E-state index in [1.54, 1.807) is 0 Å². The summed E-state index contributed by atoms with van der Waals surface area (Å²) in [6.45, 7) is 5.32. The molecule has 0 aromatic rings. The molecule has 0 aromatic heterocycles. The van der Waals surface area contributed by atoms with Crippen LogP contribution in [-0.4, -0.2) is 55.9 Å². The highest BCUT2D eigenvalue weighted by Gasteiger charge is 2.50. The minimum Gasteiger partial charge on any atom is -0.352 e. The van der Waals surface area contributed by atoms with Crippen LogP contribution in [0.1, 0.15) is 58.3 Å². The van der Waals surface area contributed by atoms with E-state index in [-0.39, 0.29) is 11.9 Å². The van der Waals surface area contributed by atoms with E-state index in [9.17, 15) is 13.2 Å². The molecule has 0 bridgehead atoms. The summed E-state index contributed by atoms with van der Waals surface area (Å²) in [5, 5.41) is 3.04. The van der Waals surface area contributed by atoms with Crippen molar-refractivity contribution in [1.82, 2.24) is 10.2 Å². The van der Waals surface area contributed by atoms with Crippen molar-refractivity contribution in [3.05, 3.63) is 0 Å². The molecule has 1 heterocycles. The largest absolute Gasteiger partial charge is 0.352 e. The Hall–Kier alpha value is -0.620. The molecular formula is C16H30N2O3S. The number of hydrogen-bond acceptors (Lipinski definition) is 4. The third-order valence-electron chi connectivity index (χ3n) is 5.29. The number of sulfone groups is 1. The van der Waals surface area contributed by atoms with E-state index >= 15 is 0 Å². The van der Waals surface area contributed by atoms with Crippen molar-refractivity contribution in [1.29, 1.82) is 0 Å².